The van der Waals surface area contributed by atoms with E-state index < -0.39 is 0 Å². The summed E-state index contributed by atoms with van der Waals surface area (Å²) in [6, 6.07) is 0.695. The van der Waals surface area contributed by atoms with Crippen LogP contribution in [-0.4, -0.2) is 61.7 Å². The highest BCUT2D eigenvalue weighted by Gasteiger charge is 2.24. The van der Waals surface area contributed by atoms with E-state index in [1.54, 1.807) is 0 Å². The van der Waals surface area contributed by atoms with E-state index in [1.807, 2.05) is 0 Å². The van der Waals surface area contributed by atoms with Gasteiger partial charge in [0.15, 0.2) is 0 Å². The number of rotatable bonds is 6. The van der Waals surface area contributed by atoms with Crippen LogP contribution in [0.2, 0.25) is 0 Å². The number of nitrogens with two attached hydrogens (primary N) is 2. The molecule has 0 amide bonds. The van der Waals surface area contributed by atoms with Crippen LogP contribution in [0.3, 0.4) is 0 Å². The summed E-state index contributed by atoms with van der Waals surface area (Å²) in [4.78, 5) is 5.06. The van der Waals surface area contributed by atoms with Gasteiger partial charge in [-0.2, -0.15) is 0 Å². The van der Waals surface area contributed by atoms with Gasteiger partial charge in [0.1, 0.15) is 0 Å². The van der Waals surface area contributed by atoms with Gasteiger partial charge in [0.25, 0.3) is 0 Å². The molecule has 1 saturated heterocycles. The molecular formula is C11H26N4. The third-order valence-corrected chi connectivity index (χ3v) is 3.25. The maximum absolute atomic E-state index is 5.62. The van der Waals surface area contributed by atoms with E-state index in [2.05, 4.69) is 16.7 Å². The van der Waals surface area contributed by atoms with Crippen molar-refractivity contribution in [2.24, 2.45) is 11.5 Å². The minimum Gasteiger partial charge on any atom is -0.330 e. The molecule has 4 nitrogen and oxygen atoms in total. The highest BCUT2D eigenvalue weighted by Crippen LogP contribution is 2.12. The number of hydrogen-bond acceptors (Lipinski definition) is 4. The van der Waals surface area contributed by atoms with Crippen molar-refractivity contribution in [2.75, 3.05) is 45.8 Å². The van der Waals surface area contributed by atoms with E-state index in [9.17, 15) is 0 Å². The Hall–Kier alpha value is -0.160. The van der Waals surface area contributed by atoms with Crippen molar-refractivity contribution < 1.29 is 0 Å². The van der Waals surface area contributed by atoms with Crippen LogP contribution >= 0.6 is 0 Å². The molecule has 1 atom stereocenters. The molecule has 0 aliphatic carbocycles. The van der Waals surface area contributed by atoms with Gasteiger partial charge in [0, 0.05) is 38.8 Å². The van der Waals surface area contributed by atoms with E-state index in [4.69, 9.17) is 11.5 Å². The van der Waals surface area contributed by atoms with Gasteiger partial charge in [-0.3, -0.25) is 4.90 Å². The summed E-state index contributed by atoms with van der Waals surface area (Å²) in [6.07, 6.45) is 2.34. The second-order valence-electron chi connectivity index (χ2n) is 4.33. The lowest BCUT2D eigenvalue weighted by molar-refractivity contribution is 0.0743. The Labute approximate surface area is 93.6 Å². The SMILES string of the molecule is CCC1CN(CCCN)CCN1CCN. The molecule has 1 aliphatic heterocycles. The molecule has 1 rings (SSSR count). The molecule has 0 aromatic heterocycles. The molecule has 0 aromatic rings. The van der Waals surface area contributed by atoms with Gasteiger partial charge in [0.2, 0.25) is 0 Å². The van der Waals surface area contributed by atoms with E-state index in [-0.39, 0.29) is 0 Å². The normalized spacial score (nSPS) is 24.6. The Morgan fingerprint density at radius 1 is 1.13 bits per heavy atom. The molecule has 0 bridgehead atoms. The Kier molecular flexibility index (Phi) is 6.17. The molecule has 4 heteroatoms. The lowest BCUT2D eigenvalue weighted by atomic mass is 10.1. The summed E-state index contributed by atoms with van der Waals surface area (Å²) in [7, 11) is 0. The van der Waals surface area contributed by atoms with Gasteiger partial charge in [-0.05, 0) is 25.9 Å². The first-order valence-electron chi connectivity index (χ1n) is 6.18. The highest BCUT2D eigenvalue weighted by molar-refractivity contribution is 4.81. The van der Waals surface area contributed by atoms with Crippen LogP contribution in [0.4, 0.5) is 0 Å². The fraction of sp³-hybridized carbons (Fsp3) is 1.00. The van der Waals surface area contributed by atoms with Gasteiger partial charge in [0.05, 0.1) is 0 Å². The van der Waals surface area contributed by atoms with Gasteiger partial charge in [-0.1, -0.05) is 6.92 Å². The van der Waals surface area contributed by atoms with E-state index in [0.29, 0.717) is 6.04 Å². The molecule has 90 valence electrons. The number of piperazine rings is 1. The van der Waals surface area contributed by atoms with Crippen LogP contribution in [0.15, 0.2) is 0 Å². The van der Waals surface area contributed by atoms with Crippen molar-refractivity contribution >= 4 is 0 Å². The van der Waals surface area contributed by atoms with Crippen molar-refractivity contribution in [3.05, 3.63) is 0 Å². The third kappa shape index (κ3) is 4.07. The second-order valence-corrected chi connectivity index (χ2v) is 4.33. The zero-order valence-electron chi connectivity index (χ0n) is 9.99. The zero-order chi connectivity index (χ0) is 11.1. The first-order chi connectivity index (χ1) is 7.31. The average Bonchev–Trinajstić information content (AvgIpc) is 2.28. The van der Waals surface area contributed by atoms with Crippen LogP contribution in [0.25, 0.3) is 0 Å². The van der Waals surface area contributed by atoms with Crippen molar-refractivity contribution in [2.45, 2.75) is 25.8 Å². The minimum absolute atomic E-state index is 0.695. The summed E-state index contributed by atoms with van der Waals surface area (Å²) >= 11 is 0. The van der Waals surface area contributed by atoms with Crippen molar-refractivity contribution in [3.63, 3.8) is 0 Å². The molecule has 0 spiro atoms. The zero-order valence-corrected chi connectivity index (χ0v) is 9.99. The maximum Gasteiger partial charge on any atom is 0.0221 e. The van der Waals surface area contributed by atoms with Crippen LogP contribution in [0.1, 0.15) is 19.8 Å². The smallest absolute Gasteiger partial charge is 0.0221 e. The van der Waals surface area contributed by atoms with Gasteiger partial charge < -0.3 is 16.4 Å². The molecule has 0 aromatic carbocycles. The molecular weight excluding hydrogens is 188 g/mol. The lowest BCUT2D eigenvalue weighted by Gasteiger charge is -2.41. The Morgan fingerprint density at radius 3 is 2.53 bits per heavy atom. The van der Waals surface area contributed by atoms with Gasteiger partial charge in [-0.15, -0.1) is 0 Å². The summed E-state index contributed by atoms with van der Waals surface area (Å²) in [6.45, 7) is 9.58. The van der Waals surface area contributed by atoms with Crippen LogP contribution < -0.4 is 11.5 Å². The fourth-order valence-electron chi connectivity index (χ4n) is 2.32. The number of hydrogen-bond donors (Lipinski definition) is 2. The quantitative estimate of drug-likeness (QED) is 0.637. The molecule has 0 radical (unpaired) electrons. The predicted octanol–water partition coefficient (Wildman–Crippen LogP) is -0.310. The molecule has 1 fully saturated rings. The summed E-state index contributed by atoms with van der Waals surface area (Å²) < 4.78 is 0. The fourth-order valence-corrected chi connectivity index (χ4v) is 2.32. The monoisotopic (exact) mass is 214 g/mol. The largest absolute Gasteiger partial charge is 0.330 e. The highest BCUT2D eigenvalue weighted by atomic mass is 15.3. The summed E-state index contributed by atoms with van der Waals surface area (Å²) in [5.74, 6) is 0. The lowest BCUT2D eigenvalue weighted by Crippen LogP contribution is -2.54. The first kappa shape index (κ1) is 12.9. The molecule has 4 N–H and O–H groups in total. The molecule has 0 saturated carbocycles. The van der Waals surface area contributed by atoms with E-state index >= 15 is 0 Å². The Bertz CT molecular complexity index is 163. The summed E-state index contributed by atoms with van der Waals surface area (Å²) in [5, 5.41) is 0. The van der Waals surface area contributed by atoms with Crippen molar-refractivity contribution in [1.82, 2.24) is 9.80 Å². The van der Waals surface area contributed by atoms with Crippen LogP contribution in [0.5, 0.6) is 0 Å². The van der Waals surface area contributed by atoms with Crippen LogP contribution in [-0.2, 0) is 0 Å². The standard InChI is InChI=1S/C11H26N4/c1-2-11-10-14(6-3-4-12)8-9-15(11)7-5-13/h11H,2-10,12-13H2,1H3. The Morgan fingerprint density at radius 2 is 1.93 bits per heavy atom. The topological polar surface area (TPSA) is 58.5 Å². The molecule has 1 heterocycles. The molecule has 1 unspecified atom stereocenters. The third-order valence-electron chi connectivity index (χ3n) is 3.25. The van der Waals surface area contributed by atoms with E-state index in [1.165, 1.54) is 26.1 Å². The first-order valence-corrected chi connectivity index (χ1v) is 6.18. The van der Waals surface area contributed by atoms with Gasteiger partial charge >= 0.3 is 0 Å². The second kappa shape index (κ2) is 7.17. The Balaban J connectivity index is 2.33. The molecule has 15 heavy (non-hydrogen) atoms. The van der Waals surface area contributed by atoms with Crippen molar-refractivity contribution in [1.29, 1.82) is 0 Å². The molecule has 1 aliphatic rings. The van der Waals surface area contributed by atoms with E-state index in [0.717, 1.165) is 32.6 Å². The van der Waals surface area contributed by atoms with Crippen LogP contribution in [0, 0.1) is 0 Å². The summed E-state index contributed by atoms with van der Waals surface area (Å²) in [5.41, 5.74) is 11.2. The minimum atomic E-state index is 0.695. The number of nitrogens with zero attached hydrogens (tertiary/aromatic N) is 2. The predicted molar refractivity (Wildman–Crippen MR) is 64.8 cm³/mol. The maximum atomic E-state index is 5.62. The average molecular weight is 214 g/mol. The van der Waals surface area contributed by atoms with Gasteiger partial charge in [-0.25, -0.2) is 0 Å². The van der Waals surface area contributed by atoms with Crippen molar-refractivity contribution in [3.8, 4) is 0 Å².